The van der Waals surface area contributed by atoms with Crippen molar-refractivity contribution in [3.63, 3.8) is 0 Å². The minimum absolute atomic E-state index is 0.112. The minimum atomic E-state index is -4.16. The summed E-state index contributed by atoms with van der Waals surface area (Å²) in [5, 5.41) is 0. The maximum atomic E-state index is 14.0. The molecule has 8 heteroatoms. The van der Waals surface area contributed by atoms with E-state index in [1.54, 1.807) is 0 Å². The third-order valence-electron chi connectivity index (χ3n) is 3.09. The zero-order chi connectivity index (χ0) is 17.0. The first-order valence-electron chi connectivity index (χ1n) is 6.56. The molecule has 0 atom stereocenters. The van der Waals surface area contributed by atoms with Gasteiger partial charge in [-0.3, -0.25) is 9.10 Å². The molecule has 0 heterocycles. The zero-order valence-corrected chi connectivity index (χ0v) is 13.1. The van der Waals surface area contributed by atoms with Crippen molar-refractivity contribution in [2.45, 2.75) is 4.90 Å². The van der Waals surface area contributed by atoms with Crippen LogP contribution in [-0.4, -0.2) is 28.0 Å². The third kappa shape index (κ3) is 3.59. The summed E-state index contributed by atoms with van der Waals surface area (Å²) in [7, 11) is -3.04. The number of sulfonamides is 1. The second-order valence-electron chi connectivity index (χ2n) is 4.61. The standard InChI is InChI=1S/C15H15FN2O4S/c1-22-15(19)10-18(14-5-3-2-4-13(14)16)23(20,21)12-8-6-11(17)7-9-12/h2-9H,10,17H2,1H3. The summed E-state index contributed by atoms with van der Waals surface area (Å²) in [6.45, 7) is -0.649. The molecule has 0 fully saturated rings. The molecular weight excluding hydrogens is 323 g/mol. The van der Waals surface area contributed by atoms with Crippen LogP contribution >= 0.6 is 0 Å². The van der Waals surface area contributed by atoms with Crippen LogP contribution in [0.4, 0.5) is 15.8 Å². The summed E-state index contributed by atoms with van der Waals surface area (Å²) in [6.07, 6.45) is 0. The number of nitrogens with two attached hydrogens (primary N) is 1. The average molecular weight is 338 g/mol. The number of nitrogen functional groups attached to an aromatic ring is 1. The summed E-state index contributed by atoms with van der Waals surface area (Å²) < 4.78 is 44.7. The Morgan fingerprint density at radius 3 is 2.35 bits per heavy atom. The first-order chi connectivity index (χ1) is 10.9. The second kappa shape index (κ2) is 6.66. The highest BCUT2D eigenvalue weighted by Crippen LogP contribution is 2.26. The fourth-order valence-electron chi connectivity index (χ4n) is 1.90. The lowest BCUT2D eigenvalue weighted by atomic mass is 10.3. The van der Waals surface area contributed by atoms with Crippen LogP contribution in [0.2, 0.25) is 0 Å². The molecule has 2 rings (SSSR count). The van der Waals surface area contributed by atoms with Crippen LogP contribution in [0.5, 0.6) is 0 Å². The van der Waals surface area contributed by atoms with Crippen molar-refractivity contribution in [1.29, 1.82) is 0 Å². The molecule has 2 aromatic carbocycles. The van der Waals surface area contributed by atoms with E-state index >= 15 is 0 Å². The van der Waals surface area contributed by atoms with E-state index in [1.165, 1.54) is 42.5 Å². The smallest absolute Gasteiger partial charge is 0.326 e. The van der Waals surface area contributed by atoms with Crippen LogP contribution in [-0.2, 0) is 19.6 Å². The van der Waals surface area contributed by atoms with Gasteiger partial charge in [-0.15, -0.1) is 0 Å². The number of carbonyl (C=O) groups excluding carboxylic acids is 1. The number of esters is 1. The van der Waals surface area contributed by atoms with Gasteiger partial charge in [0.05, 0.1) is 17.7 Å². The Bertz CT molecular complexity index is 806. The number of anilines is 2. The number of benzene rings is 2. The van der Waals surface area contributed by atoms with Crippen LogP contribution in [0.1, 0.15) is 0 Å². The molecule has 0 aromatic heterocycles. The van der Waals surface area contributed by atoms with Gasteiger partial charge in [0, 0.05) is 5.69 Å². The second-order valence-corrected chi connectivity index (χ2v) is 6.47. The molecule has 0 aliphatic carbocycles. The Labute approximate surface area is 133 Å². The van der Waals surface area contributed by atoms with Gasteiger partial charge in [0.2, 0.25) is 0 Å². The summed E-state index contributed by atoms with van der Waals surface area (Å²) >= 11 is 0. The van der Waals surface area contributed by atoms with E-state index in [-0.39, 0.29) is 10.6 Å². The van der Waals surface area contributed by atoms with Crippen molar-refractivity contribution in [2.24, 2.45) is 0 Å². The molecule has 0 amide bonds. The molecule has 23 heavy (non-hydrogen) atoms. The fraction of sp³-hybridized carbons (Fsp3) is 0.133. The van der Waals surface area contributed by atoms with E-state index in [0.717, 1.165) is 13.2 Å². The van der Waals surface area contributed by atoms with E-state index in [9.17, 15) is 17.6 Å². The van der Waals surface area contributed by atoms with Crippen molar-refractivity contribution in [2.75, 3.05) is 23.7 Å². The number of methoxy groups -OCH3 is 1. The Kier molecular flexibility index (Phi) is 4.85. The minimum Gasteiger partial charge on any atom is -0.468 e. The topological polar surface area (TPSA) is 89.7 Å². The fourth-order valence-corrected chi connectivity index (χ4v) is 3.32. The Morgan fingerprint density at radius 2 is 1.78 bits per heavy atom. The number of hydrogen-bond donors (Lipinski definition) is 1. The van der Waals surface area contributed by atoms with E-state index in [2.05, 4.69) is 4.74 Å². The van der Waals surface area contributed by atoms with Gasteiger partial charge in [0.25, 0.3) is 10.0 Å². The Balaban J connectivity index is 2.54. The summed E-state index contributed by atoms with van der Waals surface area (Å²) in [4.78, 5) is 11.5. The van der Waals surface area contributed by atoms with Gasteiger partial charge in [-0.05, 0) is 36.4 Å². The van der Waals surface area contributed by atoms with E-state index in [1.807, 2.05) is 0 Å². The van der Waals surface area contributed by atoms with Crippen LogP contribution < -0.4 is 10.0 Å². The number of hydrogen-bond acceptors (Lipinski definition) is 5. The van der Waals surface area contributed by atoms with Gasteiger partial charge in [-0.25, -0.2) is 12.8 Å². The summed E-state index contributed by atoms with van der Waals surface area (Å²) in [6, 6.07) is 10.7. The van der Waals surface area contributed by atoms with Gasteiger partial charge in [0.1, 0.15) is 12.4 Å². The number of halogens is 1. The van der Waals surface area contributed by atoms with Gasteiger partial charge in [-0.1, -0.05) is 12.1 Å². The lowest BCUT2D eigenvalue weighted by molar-refractivity contribution is -0.138. The number of carbonyl (C=O) groups is 1. The van der Waals surface area contributed by atoms with Crippen molar-refractivity contribution in [1.82, 2.24) is 0 Å². The average Bonchev–Trinajstić information content (AvgIpc) is 2.53. The van der Waals surface area contributed by atoms with Crippen LogP contribution in [0.25, 0.3) is 0 Å². The predicted octanol–water partition coefficient (Wildman–Crippen LogP) is 1.78. The van der Waals surface area contributed by atoms with Gasteiger partial charge in [0.15, 0.2) is 0 Å². The van der Waals surface area contributed by atoms with Crippen LogP contribution in [0, 0.1) is 5.82 Å². The first-order valence-corrected chi connectivity index (χ1v) is 8.00. The normalized spacial score (nSPS) is 11.0. The maximum absolute atomic E-state index is 14.0. The largest absolute Gasteiger partial charge is 0.468 e. The Morgan fingerprint density at radius 1 is 1.17 bits per heavy atom. The lowest BCUT2D eigenvalue weighted by Crippen LogP contribution is -2.36. The SMILES string of the molecule is COC(=O)CN(c1ccccc1F)S(=O)(=O)c1ccc(N)cc1. The van der Waals surface area contributed by atoms with Gasteiger partial charge < -0.3 is 10.5 Å². The molecule has 0 radical (unpaired) electrons. The van der Waals surface area contributed by atoms with Crippen molar-refractivity contribution < 1.29 is 22.3 Å². The molecule has 0 spiro atoms. The molecule has 0 aliphatic rings. The van der Waals surface area contributed by atoms with Gasteiger partial charge in [-0.2, -0.15) is 0 Å². The van der Waals surface area contributed by atoms with Crippen LogP contribution in [0.3, 0.4) is 0 Å². The molecule has 2 N–H and O–H groups in total. The quantitative estimate of drug-likeness (QED) is 0.663. The highest BCUT2D eigenvalue weighted by atomic mass is 32.2. The highest BCUT2D eigenvalue weighted by Gasteiger charge is 2.29. The third-order valence-corrected chi connectivity index (χ3v) is 4.86. The van der Waals surface area contributed by atoms with E-state index in [4.69, 9.17) is 5.73 Å². The monoisotopic (exact) mass is 338 g/mol. The van der Waals surface area contributed by atoms with Gasteiger partial charge >= 0.3 is 5.97 Å². The molecule has 0 unspecified atom stereocenters. The maximum Gasteiger partial charge on any atom is 0.326 e. The molecule has 0 saturated heterocycles. The number of para-hydroxylation sites is 1. The predicted molar refractivity (Wildman–Crippen MR) is 83.8 cm³/mol. The van der Waals surface area contributed by atoms with E-state index < -0.39 is 28.4 Å². The van der Waals surface area contributed by atoms with E-state index in [0.29, 0.717) is 9.99 Å². The molecular formula is C15H15FN2O4S. The van der Waals surface area contributed by atoms with Crippen molar-refractivity contribution in [3.05, 3.63) is 54.3 Å². The van der Waals surface area contributed by atoms with Crippen LogP contribution in [0.15, 0.2) is 53.4 Å². The number of nitrogens with zero attached hydrogens (tertiary/aromatic N) is 1. The zero-order valence-electron chi connectivity index (χ0n) is 12.3. The Hall–Kier alpha value is -2.61. The summed E-state index contributed by atoms with van der Waals surface area (Å²) in [5.41, 5.74) is 5.68. The summed E-state index contributed by atoms with van der Waals surface area (Å²) in [5.74, 6) is -1.58. The lowest BCUT2D eigenvalue weighted by Gasteiger charge is -2.23. The molecule has 6 nitrogen and oxygen atoms in total. The number of rotatable bonds is 5. The molecule has 0 bridgehead atoms. The molecule has 0 saturated carbocycles. The number of ether oxygens (including phenoxy) is 1. The molecule has 2 aromatic rings. The molecule has 0 aliphatic heterocycles. The van der Waals surface area contributed by atoms with Crippen molar-refractivity contribution in [3.8, 4) is 0 Å². The first kappa shape index (κ1) is 16.8. The van der Waals surface area contributed by atoms with Crippen molar-refractivity contribution >= 4 is 27.4 Å². The highest BCUT2D eigenvalue weighted by molar-refractivity contribution is 7.92. The molecule has 122 valence electrons.